The molecule has 4 rings (SSSR count). The summed E-state index contributed by atoms with van der Waals surface area (Å²) in [6, 6.07) is 13.0. The molecule has 1 aromatic carbocycles. The molecular weight excluding hydrogens is 394 g/mol. The molecule has 1 aliphatic heterocycles. The van der Waals surface area contributed by atoms with Gasteiger partial charge in [-0.05, 0) is 86.9 Å². The minimum Gasteiger partial charge on any atom is -0.336 e. The van der Waals surface area contributed by atoms with Crippen LogP contribution in [0.2, 0.25) is 0 Å². The van der Waals surface area contributed by atoms with E-state index in [9.17, 15) is 4.79 Å². The first-order valence-corrected chi connectivity index (χ1v) is 12.3. The molecule has 4 nitrogen and oxygen atoms in total. The van der Waals surface area contributed by atoms with Crippen LogP contribution < -0.4 is 0 Å². The number of hydrogen-bond acceptors (Lipinski definition) is 3. The van der Waals surface area contributed by atoms with Crippen molar-refractivity contribution in [2.24, 2.45) is 5.92 Å². The number of likely N-dealkylation sites (tertiary alicyclic amines) is 1. The average Bonchev–Trinajstić information content (AvgIpc) is 3.36. The quantitative estimate of drug-likeness (QED) is 0.544. The normalized spacial score (nSPS) is 18.4. The third-order valence-electron chi connectivity index (χ3n) is 7.27. The lowest BCUT2D eigenvalue weighted by atomic mass is 9.94. The molecule has 170 valence electrons. The van der Waals surface area contributed by atoms with Gasteiger partial charge in [-0.3, -0.25) is 9.78 Å². The van der Waals surface area contributed by atoms with Crippen LogP contribution in [0.25, 0.3) is 6.08 Å². The Morgan fingerprint density at radius 1 is 1.09 bits per heavy atom. The number of carbonyl (C=O) groups is 1. The maximum absolute atomic E-state index is 13.1. The van der Waals surface area contributed by atoms with Crippen LogP contribution in [0.1, 0.15) is 55.2 Å². The van der Waals surface area contributed by atoms with Crippen molar-refractivity contribution in [1.29, 1.82) is 0 Å². The summed E-state index contributed by atoms with van der Waals surface area (Å²) < 4.78 is 0. The molecule has 1 saturated heterocycles. The van der Waals surface area contributed by atoms with Gasteiger partial charge in [0, 0.05) is 37.6 Å². The molecule has 0 atom stereocenters. The molecule has 1 amide bonds. The molecular formula is C28H37N3O. The van der Waals surface area contributed by atoms with Crippen molar-refractivity contribution in [2.75, 3.05) is 26.2 Å². The Kier molecular flexibility index (Phi) is 8.11. The van der Waals surface area contributed by atoms with Gasteiger partial charge in [0.2, 0.25) is 5.91 Å². The Morgan fingerprint density at radius 3 is 2.59 bits per heavy atom. The molecule has 2 aromatic rings. The first kappa shape index (κ1) is 22.7. The standard InChI is InChI=1S/C28H37N3O/c1-23-7-2-3-9-26(23)16-20-30-18-14-25(15-19-30)22-31(27-10-4-5-11-27)28(32)13-12-24-8-6-17-29-21-24/h2-3,6-9,12-13,17,21,25,27H,4-5,10-11,14-16,18-20,22H2,1H3. The lowest BCUT2D eigenvalue weighted by Gasteiger charge is -2.37. The highest BCUT2D eigenvalue weighted by Crippen LogP contribution is 2.27. The van der Waals surface area contributed by atoms with Gasteiger partial charge in [0.15, 0.2) is 0 Å². The second-order valence-corrected chi connectivity index (χ2v) is 9.51. The second-order valence-electron chi connectivity index (χ2n) is 9.51. The number of pyridine rings is 1. The SMILES string of the molecule is Cc1ccccc1CCN1CCC(CN(C(=O)C=Cc2cccnc2)C2CCCC2)CC1. The van der Waals surface area contributed by atoms with Crippen LogP contribution in [0, 0.1) is 12.8 Å². The van der Waals surface area contributed by atoms with Gasteiger partial charge in [-0.1, -0.05) is 43.2 Å². The molecule has 2 fully saturated rings. The van der Waals surface area contributed by atoms with E-state index in [2.05, 4.69) is 46.0 Å². The molecule has 1 aromatic heterocycles. The third-order valence-corrected chi connectivity index (χ3v) is 7.27. The van der Waals surface area contributed by atoms with Gasteiger partial charge in [-0.15, -0.1) is 0 Å². The predicted octanol–water partition coefficient (Wildman–Crippen LogP) is 5.13. The lowest BCUT2D eigenvalue weighted by molar-refractivity contribution is -0.129. The van der Waals surface area contributed by atoms with Crippen LogP contribution in [0.4, 0.5) is 0 Å². The predicted molar refractivity (Wildman–Crippen MR) is 131 cm³/mol. The Bertz CT molecular complexity index is 881. The van der Waals surface area contributed by atoms with Gasteiger partial charge in [0.25, 0.3) is 0 Å². The van der Waals surface area contributed by atoms with E-state index >= 15 is 0 Å². The number of aryl methyl sites for hydroxylation is 1. The van der Waals surface area contributed by atoms with Crippen LogP contribution in [-0.2, 0) is 11.2 Å². The van der Waals surface area contributed by atoms with E-state index in [1.54, 1.807) is 18.5 Å². The molecule has 1 aliphatic carbocycles. The molecule has 0 spiro atoms. The number of aromatic nitrogens is 1. The van der Waals surface area contributed by atoms with E-state index in [1.165, 1.54) is 36.8 Å². The molecule has 0 unspecified atom stereocenters. The topological polar surface area (TPSA) is 36.4 Å². The molecule has 0 radical (unpaired) electrons. The summed E-state index contributed by atoms with van der Waals surface area (Å²) in [4.78, 5) is 22.1. The minimum atomic E-state index is 0.169. The van der Waals surface area contributed by atoms with Gasteiger partial charge in [0.1, 0.15) is 0 Å². The summed E-state index contributed by atoms with van der Waals surface area (Å²) in [5.41, 5.74) is 3.84. The van der Waals surface area contributed by atoms with Crippen LogP contribution >= 0.6 is 0 Å². The van der Waals surface area contributed by atoms with Crippen molar-refractivity contribution in [3.63, 3.8) is 0 Å². The summed E-state index contributed by atoms with van der Waals surface area (Å²) in [5, 5.41) is 0. The Labute approximate surface area is 193 Å². The summed E-state index contributed by atoms with van der Waals surface area (Å²) in [5.74, 6) is 0.781. The first-order chi connectivity index (χ1) is 15.7. The van der Waals surface area contributed by atoms with Crippen LogP contribution in [0.3, 0.4) is 0 Å². The number of benzene rings is 1. The molecule has 2 heterocycles. The van der Waals surface area contributed by atoms with Gasteiger partial charge in [-0.2, -0.15) is 0 Å². The molecule has 1 saturated carbocycles. The zero-order chi connectivity index (χ0) is 22.2. The van der Waals surface area contributed by atoms with E-state index < -0.39 is 0 Å². The largest absolute Gasteiger partial charge is 0.336 e. The van der Waals surface area contributed by atoms with E-state index in [0.29, 0.717) is 12.0 Å². The second kappa shape index (κ2) is 11.4. The number of amides is 1. The molecule has 32 heavy (non-hydrogen) atoms. The van der Waals surface area contributed by atoms with E-state index in [4.69, 9.17) is 0 Å². The third kappa shape index (κ3) is 6.29. The monoisotopic (exact) mass is 431 g/mol. The summed E-state index contributed by atoms with van der Waals surface area (Å²) in [7, 11) is 0. The fourth-order valence-corrected chi connectivity index (χ4v) is 5.21. The lowest BCUT2D eigenvalue weighted by Crippen LogP contribution is -2.44. The highest BCUT2D eigenvalue weighted by atomic mass is 16.2. The zero-order valence-corrected chi connectivity index (χ0v) is 19.5. The van der Waals surface area contributed by atoms with Crippen molar-refractivity contribution in [2.45, 2.75) is 57.9 Å². The Morgan fingerprint density at radius 2 is 1.88 bits per heavy atom. The molecule has 0 bridgehead atoms. The highest BCUT2D eigenvalue weighted by molar-refractivity contribution is 5.92. The molecule has 0 N–H and O–H groups in total. The van der Waals surface area contributed by atoms with E-state index in [0.717, 1.165) is 51.0 Å². The average molecular weight is 432 g/mol. The van der Waals surface area contributed by atoms with Crippen molar-refractivity contribution < 1.29 is 4.79 Å². The van der Waals surface area contributed by atoms with Gasteiger partial charge < -0.3 is 9.80 Å². The smallest absolute Gasteiger partial charge is 0.246 e. The number of piperidine rings is 1. The van der Waals surface area contributed by atoms with Gasteiger partial charge in [-0.25, -0.2) is 0 Å². The Hall–Kier alpha value is -2.46. The van der Waals surface area contributed by atoms with Crippen LogP contribution in [-0.4, -0.2) is 52.9 Å². The van der Waals surface area contributed by atoms with E-state index in [-0.39, 0.29) is 5.91 Å². The van der Waals surface area contributed by atoms with Crippen LogP contribution in [0.5, 0.6) is 0 Å². The van der Waals surface area contributed by atoms with Crippen molar-refractivity contribution in [1.82, 2.24) is 14.8 Å². The highest BCUT2D eigenvalue weighted by Gasteiger charge is 2.29. The van der Waals surface area contributed by atoms with Gasteiger partial charge in [0.05, 0.1) is 0 Å². The molecule has 2 aliphatic rings. The first-order valence-electron chi connectivity index (χ1n) is 12.3. The number of hydrogen-bond donors (Lipinski definition) is 0. The number of rotatable bonds is 8. The van der Waals surface area contributed by atoms with Crippen molar-refractivity contribution in [3.05, 3.63) is 71.6 Å². The van der Waals surface area contributed by atoms with Crippen LogP contribution in [0.15, 0.2) is 54.9 Å². The summed E-state index contributed by atoms with van der Waals surface area (Å²) >= 11 is 0. The maximum Gasteiger partial charge on any atom is 0.246 e. The molecule has 4 heteroatoms. The fourth-order valence-electron chi connectivity index (χ4n) is 5.21. The van der Waals surface area contributed by atoms with Crippen molar-refractivity contribution >= 4 is 12.0 Å². The van der Waals surface area contributed by atoms with Gasteiger partial charge >= 0.3 is 0 Å². The minimum absolute atomic E-state index is 0.169. The van der Waals surface area contributed by atoms with Crippen molar-refractivity contribution in [3.8, 4) is 0 Å². The van der Waals surface area contributed by atoms with E-state index in [1.807, 2.05) is 18.2 Å². The zero-order valence-electron chi connectivity index (χ0n) is 19.5. The summed E-state index contributed by atoms with van der Waals surface area (Å²) in [6.45, 7) is 6.55. The number of nitrogens with zero attached hydrogens (tertiary/aromatic N) is 3. The number of carbonyl (C=O) groups excluding carboxylic acids is 1. The summed E-state index contributed by atoms with van der Waals surface area (Å²) in [6.07, 6.45) is 15.5. The fraction of sp³-hybridized carbons (Fsp3) is 0.500. The Balaban J connectivity index is 1.29. The maximum atomic E-state index is 13.1.